The van der Waals surface area contributed by atoms with E-state index in [1.165, 1.54) is 6.07 Å². The van der Waals surface area contributed by atoms with E-state index >= 15 is 0 Å². The van der Waals surface area contributed by atoms with Crippen LogP contribution in [0.1, 0.15) is 10.5 Å². The van der Waals surface area contributed by atoms with E-state index in [9.17, 15) is 4.79 Å². The Bertz CT molecular complexity index is 343. The molecule has 0 aliphatic rings. The Morgan fingerprint density at radius 3 is 2.83 bits per heavy atom. The summed E-state index contributed by atoms with van der Waals surface area (Å²) in [7, 11) is 0. The zero-order valence-corrected chi connectivity index (χ0v) is 8.63. The number of nitrogen functional groups attached to an aromatic ring is 1. The number of aromatic carboxylic acids is 1. The van der Waals surface area contributed by atoms with E-state index in [1.807, 2.05) is 22.6 Å². The predicted molar refractivity (Wildman–Crippen MR) is 53.3 cm³/mol. The van der Waals surface area contributed by atoms with Crippen molar-refractivity contribution in [1.82, 2.24) is 4.98 Å². The van der Waals surface area contributed by atoms with Crippen molar-refractivity contribution in [3.05, 3.63) is 20.5 Å². The van der Waals surface area contributed by atoms with Gasteiger partial charge in [-0.1, -0.05) is 11.6 Å². The smallest absolute Gasteiger partial charge is 0.356 e. The SMILES string of the molecule is Nc1cc(I)nc(C(=O)O)c1Cl. The summed E-state index contributed by atoms with van der Waals surface area (Å²) in [6.07, 6.45) is 0. The van der Waals surface area contributed by atoms with Crippen LogP contribution in [0.2, 0.25) is 5.02 Å². The number of aromatic nitrogens is 1. The average Bonchev–Trinajstić information content (AvgIpc) is 1.96. The normalized spacial score (nSPS) is 9.83. The maximum absolute atomic E-state index is 10.5. The topological polar surface area (TPSA) is 76.2 Å². The van der Waals surface area contributed by atoms with E-state index < -0.39 is 5.97 Å². The fraction of sp³-hybridized carbons (Fsp3) is 0. The van der Waals surface area contributed by atoms with Crippen LogP contribution in [0, 0.1) is 3.70 Å². The number of carboxylic acid groups (broad SMARTS) is 1. The summed E-state index contributed by atoms with van der Waals surface area (Å²) < 4.78 is 0.506. The van der Waals surface area contributed by atoms with Gasteiger partial charge in [0.05, 0.1) is 10.7 Å². The van der Waals surface area contributed by atoms with Gasteiger partial charge in [-0.15, -0.1) is 0 Å². The number of anilines is 1. The second-order valence-corrected chi connectivity index (χ2v) is 3.49. The highest BCUT2D eigenvalue weighted by atomic mass is 127. The van der Waals surface area contributed by atoms with E-state index in [4.69, 9.17) is 22.4 Å². The van der Waals surface area contributed by atoms with Crippen molar-refractivity contribution in [3.8, 4) is 0 Å². The molecule has 0 amide bonds. The zero-order chi connectivity index (χ0) is 9.30. The zero-order valence-electron chi connectivity index (χ0n) is 5.71. The molecule has 0 spiro atoms. The highest BCUT2D eigenvalue weighted by Gasteiger charge is 2.13. The van der Waals surface area contributed by atoms with Crippen molar-refractivity contribution in [2.75, 3.05) is 5.73 Å². The lowest BCUT2D eigenvalue weighted by Crippen LogP contribution is -2.05. The highest BCUT2D eigenvalue weighted by molar-refractivity contribution is 14.1. The molecule has 0 radical (unpaired) electrons. The summed E-state index contributed by atoms with van der Waals surface area (Å²) in [4.78, 5) is 14.2. The fourth-order valence-corrected chi connectivity index (χ4v) is 1.41. The van der Waals surface area contributed by atoms with Gasteiger partial charge in [0, 0.05) is 0 Å². The number of carboxylic acids is 1. The summed E-state index contributed by atoms with van der Waals surface area (Å²) >= 11 is 7.46. The van der Waals surface area contributed by atoms with Crippen LogP contribution in [0.5, 0.6) is 0 Å². The lowest BCUT2D eigenvalue weighted by Gasteiger charge is -2.01. The molecule has 3 N–H and O–H groups in total. The molecule has 0 atom stereocenters. The maximum Gasteiger partial charge on any atom is 0.356 e. The molecular weight excluding hydrogens is 294 g/mol. The average molecular weight is 298 g/mol. The summed E-state index contributed by atoms with van der Waals surface area (Å²) in [6.45, 7) is 0. The minimum Gasteiger partial charge on any atom is -0.476 e. The van der Waals surface area contributed by atoms with E-state index in [2.05, 4.69) is 4.98 Å². The number of hydrogen-bond donors (Lipinski definition) is 2. The molecule has 6 heteroatoms. The van der Waals surface area contributed by atoms with Crippen LogP contribution in [0.3, 0.4) is 0 Å². The Morgan fingerprint density at radius 1 is 1.75 bits per heavy atom. The first kappa shape index (κ1) is 9.53. The quantitative estimate of drug-likeness (QED) is 0.610. The number of hydrogen-bond acceptors (Lipinski definition) is 3. The molecule has 0 saturated heterocycles. The molecule has 0 aliphatic carbocycles. The molecule has 0 bridgehead atoms. The molecule has 0 fully saturated rings. The third kappa shape index (κ3) is 1.78. The van der Waals surface area contributed by atoms with Crippen molar-refractivity contribution in [3.63, 3.8) is 0 Å². The molecule has 64 valence electrons. The number of nitrogens with zero attached hydrogens (tertiary/aromatic N) is 1. The first-order valence-electron chi connectivity index (χ1n) is 2.87. The maximum atomic E-state index is 10.5. The molecule has 1 aromatic heterocycles. The van der Waals surface area contributed by atoms with Crippen LogP contribution in [-0.4, -0.2) is 16.1 Å². The van der Waals surface area contributed by atoms with Crippen LogP contribution < -0.4 is 5.73 Å². The summed E-state index contributed by atoms with van der Waals surface area (Å²) in [5.41, 5.74) is 5.44. The molecule has 0 saturated carbocycles. The molecule has 1 heterocycles. The molecule has 0 unspecified atom stereocenters. The van der Waals surface area contributed by atoms with Crippen molar-refractivity contribution in [2.24, 2.45) is 0 Å². The first-order chi connectivity index (χ1) is 5.52. The van der Waals surface area contributed by atoms with Gasteiger partial charge in [-0.05, 0) is 28.7 Å². The summed E-state index contributed by atoms with van der Waals surface area (Å²) in [6, 6.07) is 1.51. The lowest BCUT2D eigenvalue weighted by molar-refractivity contribution is 0.0690. The number of pyridine rings is 1. The van der Waals surface area contributed by atoms with Crippen molar-refractivity contribution in [2.45, 2.75) is 0 Å². The van der Waals surface area contributed by atoms with Gasteiger partial charge in [-0.2, -0.15) is 0 Å². The van der Waals surface area contributed by atoms with Crippen LogP contribution in [0.4, 0.5) is 5.69 Å². The Hall–Kier alpha value is -0.560. The number of rotatable bonds is 1. The van der Waals surface area contributed by atoms with E-state index in [0.717, 1.165) is 0 Å². The molecule has 12 heavy (non-hydrogen) atoms. The minimum absolute atomic E-state index is 0.0112. The Kier molecular flexibility index (Phi) is 2.73. The molecule has 4 nitrogen and oxygen atoms in total. The van der Waals surface area contributed by atoms with Gasteiger partial charge in [0.1, 0.15) is 3.70 Å². The van der Waals surface area contributed by atoms with Gasteiger partial charge >= 0.3 is 5.97 Å². The highest BCUT2D eigenvalue weighted by Crippen LogP contribution is 2.23. The number of nitrogens with two attached hydrogens (primary N) is 1. The van der Waals surface area contributed by atoms with E-state index in [1.54, 1.807) is 0 Å². The molecule has 1 aromatic rings. The minimum atomic E-state index is -1.18. The van der Waals surface area contributed by atoms with E-state index in [-0.39, 0.29) is 16.4 Å². The van der Waals surface area contributed by atoms with Crippen LogP contribution in [0.15, 0.2) is 6.07 Å². The third-order valence-corrected chi connectivity index (χ3v) is 2.11. The Morgan fingerprint density at radius 2 is 2.33 bits per heavy atom. The summed E-state index contributed by atoms with van der Waals surface area (Å²) in [5.74, 6) is -1.18. The lowest BCUT2D eigenvalue weighted by atomic mass is 10.3. The summed E-state index contributed by atoms with van der Waals surface area (Å²) in [5, 5.41) is 8.60. The van der Waals surface area contributed by atoms with Gasteiger partial charge in [0.15, 0.2) is 5.69 Å². The van der Waals surface area contributed by atoms with Gasteiger partial charge in [-0.3, -0.25) is 0 Å². The monoisotopic (exact) mass is 298 g/mol. The molecule has 0 aliphatic heterocycles. The van der Waals surface area contributed by atoms with Crippen LogP contribution >= 0.6 is 34.2 Å². The van der Waals surface area contributed by atoms with Gasteiger partial charge in [0.2, 0.25) is 0 Å². The molecule has 1 rings (SSSR count). The molecule has 0 aromatic carbocycles. The van der Waals surface area contributed by atoms with Gasteiger partial charge in [-0.25, -0.2) is 9.78 Å². The fourth-order valence-electron chi connectivity index (χ4n) is 0.658. The van der Waals surface area contributed by atoms with Gasteiger partial charge in [0.25, 0.3) is 0 Å². The van der Waals surface area contributed by atoms with Crippen molar-refractivity contribution in [1.29, 1.82) is 0 Å². The largest absolute Gasteiger partial charge is 0.476 e. The predicted octanol–water partition coefficient (Wildman–Crippen LogP) is 1.62. The molecular formula is C6H4ClIN2O2. The second kappa shape index (κ2) is 3.44. The van der Waals surface area contributed by atoms with Crippen molar-refractivity contribution < 1.29 is 9.90 Å². The van der Waals surface area contributed by atoms with Crippen molar-refractivity contribution >= 4 is 45.8 Å². The number of carbonyl (C=O) groups is 1. The Balaban J connectivity index is 3.37. The Labute approximate surface area is 86.9 Å². The first-order valence-corrected chi connectivity index (χ1v) is 4.33. The van der Waals surface area contributed by atoms with Crippen LogP contribution in [0.25, 0.3) is 0 Å². The second-order valence-electron chi connectivity index (χ2n) is 2.00. The van der Waals surface area contributed by atoms with E-state index in [0.29, 0.717) is 3.70 Å². The third-order valence-electron chi connectivity index (χ3n) is 1.16. The van der Waals surface area contributed by atoms with Gasteiger partial charge < -0.3 is 10.8 Å². The van der Waals surface area contributed by atoms with Crippen LogP contribution in [-0.2, 0) is 0 Å². The standard InChI is InChI=1S/C6H4ClIN2O2/c7-4-2(9)1-3(8)10-5(4)6(11)12/h1H,(H2,9,10)(H,11,12). The number of halogens is 2.